The molecule has 0 aliphatic heterocycles. The summed E-state index contributed by atoms with van der Waals surface area (Å²) in [6.45, 7) is 4.93. The molecule has 0 radical (unpaired) electrons. The van der Waals surface area contributed by atoms with E-state index in [1.54, 1.807) is 7.11 Å². The molecule has 1 rings (SSSR count). The average Bonchev–Trinajstić information content (AvgIpc) is 2.60. The predicted octanol–water partition coefficient (Wildman–Crippen LogP) is 2.87. The maximum atomic E-state index is 6.08. The van der Waals surface area contributed by atoms with Gasteiger partial charge in [-0.25, -0.2) is 0 Å². The van der Waals surface area contributed by atoms with Crippen LogP contribution in [0.5, 0.6) is 0 Å². The summed E-state index contributed by atoms with van der Waals surface area (Å²) in [6, 6.07) is 0.249. The molecule has 0 fully saturated rings. The quantitative estimate of drug-likeness (QED) is 0.742. The lowest BCUT2D eigenvalue weighted by atomic mass is 10.1. The number of aryl methyl sites for hydroxylation is 1. The van der Waals surface area contributed by atoms with Crippen molar-refractivity contribution in [2.75, 3.05) is 13.7 Å². The van der Waals surface area contributed by atoms with E-state index in [9.17, 15) is 0 Å². The zero-order valence-electron chi connectivity index (χ0n) is 10.2. The molecule has 92 valence electrons. The van der Waals surface area contributed by atoms with E-state index in [-0.39, 0.29) is 6.04 Å². The summed E-state index contributed by atoms with van der Waals surface area (Å²) in [5.74, 6) is 0.961. The Morgan fingerprint density at radius 2 is 2.06 bits per heavy atom. The SMILES string of the molecule is CCCc1nnc(Cl)n1C(CCC)COC. The lowest BCUT2D eigenvalue weighted by molar-refractivity contribution is 0.149. The minimum Gasteiger partial charge on any atom is -0.383 e. The fourth-order valence-electron chi connectivity index (χ4n) is 1.87. The molecule has 1 aromatic rings. The Morgan fingerprint density at radius 3 is 2.62 bits per heavy atom. The highest BCUT2D eigenvalue weighted by atomic mass is 35.5. The van der Waals surface area contributed by atoms with E-state index in [1.807, 2.05) is 4.57 Å². The van der Waals surface area contributed by atoms with E-state index in [0.29, 0.717) is 11.9 Å². The molecule has 0 saturated heterocycles. The summed E-state index contributed by atoms with van der Waals surface area (Å²) in [4.78, 5) is 0. The number of aromatic nitrogens is 3. The fourth-order valence-corrected chi connectivity index (χ4v) is 2.14. The average molecular weight is 246 g/mol. The first-order chi connectivity index (χ1) is 7.74. The van der Waals surface area contributed by atoms with Crippen LogP contribution in [-0.4, -0.2) is 28.5 Å². The molecule has 0 aliphatic rings. The Bertz CT molecular complexity index is 308. The Morgan fingerprint density at radius 1 is 1.31 bits per heavy atom. The van der Waals surface area contributed by atoms with Crippen molar-refractivity contribution in [3.05, 3.63) is 11.1 Å². The van der Waals surface area contributed by atoms with Gasteiger partial charge in [0.2, 0.25) is 5.28 Å². The molecule has 0 N–H and O–H groups in total. The number of rotatable bonds is 7. The van der Waals surface area contributed by atoms with Crippen molar-refractivity contribution in [1.82, 2.24) is 14.8 Å². The van der Waals surface area contributed by atoms with Gasteiger partial charge in [0, 0.05) is 13.5 Å². The molecule has 0 aliphatic carbocycles. The molecule has 1 heterocycles. The number of nitrogens with zero attached hydrogens (tertiary/aromatic N) is 3. The van der Waals surface area contributed by atoms with Crippen LogP contribution >= 0.6 is 11.6 Å². The van der Waals surface area contributed by atoms with Crippen molar-refractivity contribution in [3.63, 3.8) is 0 Å². The fraction of sp³-hybridized carbons (Fsp3) is 0.818. The van der Waals surface area contributed by atoms with Gasteiger partial charge >= 0.3 is 0 Å². The molecular formula is C11H20ClN3O. The van der Waals surface area contributed by atoms with Gasteiger partial charge in [0.05, 0.1) is 12.6 Å². The lowest BCUT2D eigenvalue weighted by Gasteiger charge is -2.19. The van der Waals surface area contributed by atoms with E-state index < -0.39 is 0 Å². The van der Waals surface area contributed by atoms with Crippen LogP contribution < -0.4 is 0 Å². The zero-order valence-corrected chi connectivity index (χ0v) is 11.0. The maximum Gasteiger partial charge on any atom is 0.225 e. The molecule has 0 bridgehead atoms. The second-order valence-corrected chi connectivity index (χ2v) is 4.24. The van der Waals surface area contributed by atoms with Crippen LogP contribution in [0.1, 0.15) is 45.0 Å². The maximum absolute atomic E-state index is 6.08. The summed E-state index contributed by atoms with van der Waals surface area (Å²) in [7, 11) is 1.71. The van der Waals surface area contributed by atoms with Gasteiger partial charge in [0.25, 0.3) is 0 Å². The molecule has 1 atom stereocenters. The summed E-state index contributed by atoms with van der Waals surface area (Å²) >= 11 is 6.08. The standard InChI is InChI=1S/C11H20ClN3O/c1-4-6-9(8-16-3)15-10(7-5-2)13-14-11(15)12/h9H,4-8H2,1-3H3. The van der Waals surface area contributed by atoms with E-state index in [0.717, 1.165) is 31.5 Å². The second kappa shape index (κ2) is 6.86. The second-order valence-electron chi connectivity index (χ2n) is 3.90. The largest absolute Gasteiger partial charge is 0.383 e. The van der Waals surface area contributed by atoms with Crippen LogP contribution in [0.4, 0.5) is 0 Å². The molecule has 5 heteroatoms. The number of ether oxygens (including phenoxy) is 1. The van der Waals surface area contributed by atoms with Gasteiger partial charge in [0.1, 0.15) is 5.82 Å². The third-order valence-corrected chi connectivity index (χ3v) is 2.80. The molecule has 0 aromatic carbocycles. The Kier molecular flexibility index (Phi) is 5.77. The first-order valence-corrected chi connectivity index (χ1v) is 6.20. The van der Waals surface area contributed by atoms with Gasteiger partial charge in [-0.15, -0.1) is 10.2 Å². The highest BCUT2D eigenvalue weighted by molar-refractivity contribution is 6.28. The van der Waals surface area contributed by atoms with E-state index in [4.69, 9.17) is 16.3 Å². The molecule has 1 aromatic heterocycles. The van der Waals surface area contributed by atoms with Crippen LogP contribution in [0, 0.1) is 0 Å². The molecule has 0 spiro atoms. The third-order valence-electron chi connectivity index (χ3n) is 2.54. The highest BCUT2D eigenvalue weighted by Gasteiger charge is 2.18. The summed E-state index contributed by atoms with van der Waals surface area (Å²) < 4.78 is 7.25. The topological polar surface area (TPSA) is 39.9 Å². The minimum atomic E-state index is 0.249. The number of methoxy groups -OCH3 is 1. The van der Waals surface area contributed by atoms with Gasteiger partial charge in [0.15, 0.2) is 0 Å². The van der Waals surface area contributed by atoms with E-state index in [1.165, 1.54) is 0 Å². The molecular weight excluding hydrogens is 226 g/mol. The van der Waals surface area contributed by atoms with Crippen LogP contribution in [-0.2, 0) is 11.2 Å². The van der Waals surface area contributed by atoms with Crippen molar-refractivity contribution >= 4 is 11.6 Å². The lowest BCUT2D eigenvalue weighted by Crippen LogP contribution is -2.17. The molecule has 0 amide bonds. The summed E-state index contributed by atoms with van der Waals surface area (Å²) in [6.07, 6.45) is 4.07. The normalized spacial score (nSPS) is 13.0. The number of hydrogen-bond acceptors (Lipinski definition) is 3. The van der Waals surface area contributed by atoms with Crippen LogP contribution in [0.25, 0.3) is 0 Å². The predicted molar refractivity (Wildman–Crippen MR) is 64.8 cm³/mol. The van der Waals surface area contributed by atoms with Crippen LogP contribution in [0.3, 0.4) is 0 Å². The van der Waals surface area contributed by atoms with Gasteiger partial charge in [-0.2, -0.15) is 0 Å². The van der Waals surface area contributed by atoms with E-state index >= 15 is 0 Å². The molecule has 4 nitrogen and oxygen atoms in total. The Balaban J connectivity index is 2.91. The van der Waals surface area contributed by atoms with Gasteiger partial charge in [-0.1, -0.05) is 20.3 Å². The molecule has 16 heavy (non-hydrogen) atoms. The first kappa shape index (κ1) is 13.5. The summed E-state index contributed by atoms with van der Waals surface area (Å²) in [5, 5.41) is 8.53. The van der Waals surface area contributed by atoms with Gasteiger partial charge in [-0.3, -0.25) is 4.57 Å². The number of halogens is 1. The van der Waals surface area contributed by atoms with Crippen molar-refractivity contribution in [3.8, 4) is 0 Å². The smallest absolute Gasteiger partial charge is 0.225 e. The Labute approximate surface area is 102 Å². The summed E-state index contributed by atoms with van der Waals surface area (Å²) in [5.41, 5.74) is 0. The van der Waals surface area contributed by atoms with Gasteiger partial charge in [-0.05, 0) is 24.4 Å². The minimum absolute atomic E-state index is 0.249. The molecule has 0 saturated carbocycles. The van der Waals surface area contributed by atoms with Crippen molar-refractivity contribution in [2.24, 2.45) is 0 Å². The zero-order chi connectivity index (χ0) is 12.0. The highest BCUT2D eigenvalue weighted by Crippen LogP contribution is 2.22. The van der Waals surface area contributed by atoms with Crippen LogP contribution in [0.15, 0.2) is 0 Å². The molecule has 1 unspecified atom stereocenters. The van der Waals surface area contributed by atoms with Gasteiger partial charge < -0.3 is 4.74 Å². The number of hydrogen-bond donors (Lipinski definition) is 0. The first-order valence-electron chi connectivity index (χ1n) is 5.82. The Hall–Kier alpha value is -0.610. The van der Waals surface area contributed by atoms with Crippen molar-refractivity contribution < 1.29 is 4.74 Å². The van der Waals surface area contributed by atoms with Crippen molar-refractivity contribution in [2.45, 2.75) is 45.6 Å². The van der Waals surface area contributed by atoms with E-state index in [2.05, 4.69) is 24.0 Å². The monoisotopic (exact) mass is 245 g/mol. The van der Waals surface area contributed by atoms with Crippen molar-refractivity contribution in [1.29, 1.82) is 0 Å². The third kappa shape index (κ3) is 3.19. The van der Waals surface area contributed by atoms with Crippen LogP contribution in [0.2, 0.25) is 5.28 Å².